The van der Waals surface area contributed by atoms with E-state index in [0.29, 0.717) is 6.04 Å². The van der Waals surface area contributed by atoms with E-state index in [9.17, 15) is 0 Å². The first-order valence-corrected chi connectivity index (χ1v) is 7.03. The minimum atomic E-state index is 0.626. The summed E-state index contributed by atoms with van der Waals surface area (Å²) >= 11 is 0. The number of benzene rings is 1. The molecule has 1 heterocycles. The summed E-state index contributed by atoms with van der Waals surface area (Å²) in [5.74, 6) is 0.848. The van der Waals surface area contributed by atoms with Gasteiger partial charge in [0, 0.05) is 11.7 Å². The third-order valence-electron chi connectivity index (χ3n) is 3.86. The highest BCUT2D eigenvalue weighted by molar-refractivity contribution is 5.49. The van der Waals surface area contributed by atoms with Gasteiger partial charge in [-0.25, -0.2) is 9.67 Å². The standard InChI is InChI=1S/C15H20N4/c1-12-3-2-4-14(9-12)18-13-5-7-15(8-6-13)19-11-16-10-17-19/h5-8,10-12,14,18H,2-4,9H2,1H3. The van der Waals surface area contributed by atoms with Crippen molar-refractivity contribution in [1.82, 2.24) is 14.8 Å². The van der Waals surface area contributed by atoms with Crippen molar-refractivity contribution in [2.24, 2.45) is 5.92 Å². The largest absolute Gasteiger partial charge is 0.382 e. The van der Waals surface area contributed by atoms with Crippen molar-refractivity contribution in [1.29, 1.82) is 0 Å². The predicted molar refractivity (Wildman–Crippen MR) is 76.4 cm³/mol. The summed E-state index contributed by atoms with van der Waals surface area (Å²) in [6.45, 7) is 2.35. The molecule has 3 rings (SSSR count). The lowest BCUT2D eigenvalue weighted by Gasteiger charge is -2.28. The maximum absolute atomic E-state index is 4.13. The van der Waals surface area contributed by atoms with Gasteiger partial charge in [-0.05, 0) is 43.0 Å². The van der Waals surface area contributed by atoms with Crippen LogP contribution in [-0.2, 0) is 0 Å². The Morgan fingerprint density at radius 1 is 1.21 bits per heavy atom. The maximum atomic E-state index is 4.13. The van der Waals surface area contributed by atoms with E-state index < -0.39 is 0 Å². The number of rotatable bonds is 3. The molecule has 0 aliphatic heterocycles. The molecule has 1 saturated carbocycles. The summed E-state index contributed by atoms with van der Waals surface area (Å²) in [5, 5.41) is 7.77. The Labute approximate surface area is 113 Å². The fourth-order valence-electron chi connectivity index (χ4n) is 2.85. The second-order valence-corrected chi connectivity index (χ2v) is 5.50. The summed E-state index contributed by atoms with van der Waals surface area (Å²) in [5.41, 5.74) is 2.24. The predicted octanol–water partition coefficient (Wildman–Crippen LogP) is 3.26. The van der Waals surface area contributed by atoms with E-state index in [1.165, 1.54) is 31.4 Å². The average Bonchev–Trinajstić information content (AvgIpc) is 2.94. The zero-order chi connectivity index (χ0) is 13.1. The van der Waals surface area contributed by atoms with Gasteiger partial charge in [0.05, 0.1) is 5.69 Å². The number of hydrogen-bond donors (Lipinski definition) is 1. The molecule has 1 aliphatic carbocycles. The van der Waals surface area contributed by atoms with Gasteiger partial charge in [-0.2, -0.15) is 5.10 Å². The van der Waals surface area contributed by atoms with Crippen molar-refractivity contribution in [3.8, 4) is 5.69 Å². The summed E-state index contributed by atoms with van der Waals surface area (Å²) in [4.78, 5) is 3.96. The number of hydrogen-bond acceptors (Lipinski definition) is 3. The molecule has 0 amide bonds. The molecule has 100 valence electrons. The normalized spacial score (nSPS) is 23.2. The van der Waals surface area contributed by atoms with Crippen LogP contribution in [0.1, 0.15) is 32.6 Å². The molecule has 2 atom stereocenters. The smallest absolute Gasteiger partial charge is 0.138 e. The van der Waals surface area contributed by atoms with Crippen LogP contribution in [0.5, 0.6) is 0 Å². The quantitative estimate of drug-likeness (QED) is 0.916. The van der Waals surface area contributed by atoms with Gasteiger partial charge in [-0.1, -0.05) is 19.8 Å². The van der Waals surface area contributed by atoms with Gasteiger partial charge in [0.25, 0.3) is 0 Å². The lowest BCUT2D eigenvalue weighted by atomic mass is 9.87. The van der Waals surface area contributed by atoms with E-state index >= 15 is 0 Å². The molecule has 1 aromatic carbocycles. The SMILES string of the molecule is CC1CCCC(Nc2ccc(-n3cncn3)cc2)C1. The van der Waals surface area contributed by atoms with Crippen LogP contribution in [0.3, 0.4) is 0 Å². The topological polar surface area (TPSA) is 42.7 Å². The van der Waals surface area contributed by atoms with Gasteiger partial charge >= 0.3 is 0 Å². The minimum Gasteiger partial charge on any atom is -0.382 e. The van der Waals surface area contributed by atoms with Crippen LogP contribution in [0.25, 0.3) is 5.69 Å². The molecule has 0 spiro atoms. The van der Waals surface area contributed by atoms with Gasteiger partial charge < -0.3 is 5.32 Å². The van der Waals surface area contributed by atoms with Gasteiger partial charge in [-0.3, -0.25) is 0 Å². The average molecular weight is 256 g/mol. The zero-order valence-electron chi connectivity index (χ0n) is 11.3. The third-order valence-corrected chi connectivity index (χ3v) is 3.86. The molecule has 19 heavy (non-hydrogen) atoms. The number of nitrogens with zero attached hydrogens (tertiary/aromatic N) is 3. The van der Waals surface area contributed by atoms with Crippen LogP contribution in [0, 0.1) is 5.92 Å². The van der Waals surface area contributed by atoms with E-state index in [-0.39, 0.29) is 0 Å². The Balaban J connectivity index is 1.66. The second-order valence-electron chi connectivity index (χ2n) is 5.50. The van der Waals surface area contributed by atoms with Crippen molar-refractivity contribution in [3.63, 3.8) is 0 Å². The van der Waals surface area contributed by atoms with Crippen molar-refractivity contribution >= 4 is 5.69 Å². The van der Waals surface area contributed by atoms with Crippen LogP contribution in [-0.4, -0.2) is 20.8 Å². The van der Waals surface area contributed by atoms with Crippen LogP contribution in [0.4, 0.5) is 5.69 Å². The fourth-order valence-corrected chi connectivity index (χ4v) is 2.85. The molecular formula is C15H20N4. The second kappa shape index (κ2) is 5.43. The fraction of sp³-hybridized carbons (Fsp3) is 0.467. The van der Waals surface area contributed by atoms with E-state index in [0.717, 1.165) is 11.6 Å². The van der Waals surface area contributed by atoms with E-state index in [1.807, 2.05) is 0 Å². The highest BCUT2D eigenvalue weighted by atomic mass is 15.3. The summed E-state index contributed by atoms with van der Waals surface area (Å²) in [6.07, 6.45) is 8.56. The van der Waals surface area contributed by atoms with Crippen LogP contribution in [0.15, 0.2) is 36.9 Å². The van der Waals surface area contributed by atoms with Gasteiger partial charge in [0.1, 0.15) is 12.7 Å². The summed E-state index contributed by atoms with van der Waals surface area (Å²) in [6, 6.07) is 9.01. The lowest BCUT2D eigenvalue weighted by Crippen LogP contribution is -2.26. The first-order chi connectivity index (χ1) is 9.31. The molecule has 4 nitrogen and oxygen atoms in total. The minimum absolute atomic E-state index is 0.626. The molecule has 1 fully saturated rings. The molecule has 0 radical (unpaired) electrons. The van der Waals surface area contributed by atoms with Crippen molar-refractivity contribution < 1.29 is 0 Å². The number of anilines is 1. The monoisotopic (exact) mass is 256 g/mol. The van der Waals surface area contributed by atoms with Crippen molar-refractivity contribution in [2.75, 3.05) is 5.32 Å². The molecule has 0 saturated heterocycles. The molecule has 2 aromatic rings. The Morgan fingerprint density at radius 3 is 2.74 bits per heavy atom. The maximum Gasteiger partial charge on any atom is 0.138 e. The van der Waals surface area contributed by atoms with Gasteiger partial charge in [0.2, 0.25) is 0 Å². The van der Waals surface area contributed by atoms with E-state index in [1.54, 1.807) is 17.3 Å². The Morgan fingerprint density at radius 2 is 2.05 bits per heavy atom. The molecule has 1 aromatic heterocycles. The molecule has 0 bridgehead atoms. The third kappa shape index (κ3) is 2.95. The first kappa shape index (κ1) is 12.2. The molecule has 1 N–H and O–H groups in total. The highest BCUT2D eigenvalue weighted by Crippen LogP contribution is 2.26. The Kier molecular flexibility index (Phi) is 3.49. The van der Waals surface area contributed by atoms with Crippen molar-refractivity contribution in [3.05, 3.63) is 36.9 Å². The molecule has 1 aliphatic rings. The van der Waals surface area contributed by atoms with E-state index in [4.69, 9.17) is 0 Å². The number of nitrogens with one attached hydrogen (secondary N) is 1. The Bertz CT molecular complexity index is 503. The van der Waals surface area contributed by atoms with Gasteiger partial charge in [-0.15, -0.1) is 0 Å². The van der Waals surface area contributed by atoms with Crippen LogP contribution >= 0.6 is 0 Å². The first-order valence-electron chi connectivity index (χ1n) is 7.03. The van der Waals surface area contributed by atoms with Crippen LogP contribution < -0.4 is 5.32 Å². The highest BCUT2D eigenvalue weighted by Gasteiger charge is 2.18. The number of aromatic nitrogens is 3. The Hall–Kier alpha value is -1.84. The molecule has 4 heteroatoms. The van der Waals surface area contributed by atoms with Crippen LogP contribution in [0.2, 0.25) is 0 Å². The van der Waals surface area contributed by atoms with E-state index in [2.05, 4.69) is 46.6 Å². The molecular weight excluding hydrogens is 236 g/mol. The summed E-state index contributed by atoms with van der Waals surface area (Å²) < 4.78 is 1.77. The molecule has 2 unspecified atom stereocenters. The zero-order valence-corrected chi connectivity index (χ0v) is 11.3. The van der Waals surface area contributed by atoms with Gasteiger partial charge in [0.15, 0.2) is 0 Å². The van der Waals surface area contributed by atoms with Crippen molar-refractivity contribution in [2.45, 2.75) is 38.6 Å². The summed E-state index contributed by atoms with van der Waals surface area (Å²) in [7, 11) is 0. The lowest BCUT2D eigenvalue weighted by molar-refractivity contribution is 0.358.